The smallest absolute Gasteiger partial charge is 0.229 e. The molecule has 1 heterocycles. The van der Waals surface area contributed by atoms with E-state index in [-0.39, 0.29) is 23.0 Å². The van der Waals surface area contributed by atoms with Crippen LogP contribution in [0, 0.1) is 0 Å². The number of aliphatic hydroxyl groups excluding tert-OH is 4. The molecular weight excluding hydrogens is 336 g/mol. The van der Waals surface area contributed by atoms with Gasteiger partial charge in [0.05, 0.1) is 20.8 Å². The van der Waals surface area contributed by atoms with Crippen molar-refractivity contribution < 1.29 is 44.2 Å². The van der Waals surface area contributed by atoms with Crippen LogP contribution < -0.4 is 14.2 Å². The number of rotatable bonds is 6. The summed E-state index contributed by atoms with van der Waals surface area (Å²) >= 11 is 0. The van der Waals surface area contributed by atoms with Gasteiger partial charge < -0.3 is 39.4 Å². The molecule has 5 atom stereocenters. The van der Waals surface area contributed by atoms with Gasteiger partial charge in [0.15, 0.2) is 17.3 Å². The number of aliphatic hydroxyl groups is 4. The van der Waals surface area contributed by atoms with Crippen LogP contribution in [0.5, 0.6) is 17.2 Å². The molecule has 9 nitrogen and oxygen atoms in total. The highest BCUT2D eigenvalue weighted by Crippen LogP contribution is 2.40. The first-order chi connectivity index (χ1) is 11.8. The third-order valence-corrected chi connectivity index (χ3v) is 3.95. The zero-order chi connectivity index (χ0) is 18.7. The lowest BCUT2D eigenvalue weighted by Crippen LogP contribution is -2.60. The van der Waals surface area contributed by atoms with Crippen LogP contribution in [0.3, 0.4) is 0 Å². The second kappa shape index (κ2) is 7.98. The van der Waals surface area contributed by atoms with Crippen molar-refractivity contribution in [2.24, 2.45) is 0 Å². The van der Waals surface area contributed by atoms with E-state index in [0.717, 1.165) is 0 Å². The van der Waals surface area contributed by atoms with Gasteiger partial charge in [-0.3, -0.25) is 4.79 Å². The minimum Gasteiger partial charge on any atom is -0.493 e. The van der Waals surface area contributed by atoms with E-state index in [0.29, 0.717) is 5.56 Å². The van der Waals surface area contributed by atoms with Gasteiger partial charge in [-0.1, -0.05) is 0 Å². The highest BCUT2D eigenvalue weighted by atomic mass is 16.7. The van der Waals surface area contributed by atoms with Crippen molar-refractivity contribution in [2.75, 3.05) is 20.8 Å². The molecule has 1 aromatic rings. The molecule has 1 saturated heterocycles. The maximum atomic E-state index is 11.6. The summed E-state index contributed by atoms with van der Waals surface area (Å²) in [5.74, 6) is 0.137. The molecule has 0 saturated carbocycles. The van der Waals surface area contributed by atoms with E-state index in [1.165, 1.54) is 33.3 Å². The monoisotopic (exact) mass is 358 g/mol. The van der Waals surface area contributed by atoms with Crippen LogP contribution in [0.25, 0.3) is 0 Å². The van der Waals surface area contributed by atoms with E-state index in [1.54, 1.807) is 0 Å². The van der Waals surface area contributed by atoms with Crippen LogP contribution >= 0.6 is 0 Å². The summed E-state index contributed by atoms with van der Waals surface area (Å²) in [6.07, 6.45) is -7.17. The van der Waals surface area contributed by atoms with Gasteiger partial charge in [0.1, 0.15) is 24.4 Å². The fourth-order valence-corrected chi connectivity index (χ4v) is 2.48. The van der Waals surface area contributed by atoms with E-state index in [9.17, 15) is 25.2 Å². The summed E-state index contributed by atoms with van der Waals surface area (Å²) in [6.45, 7) is 0.800. The molecule has 0 amide bonds. The minimum atomic E-state index is -1.58. The van der Waals surface area contributed by atoms with Gasteiger partial charge in [0, 0.05) is 5.56 Å². The number of hydrogen-bond donors (Lipinski definition) is 4. The second-order valence-electron chi connectivity index (χ2n) is 5.58. The molecule has 25 heavy (non-hydrogen) atoms. The number of carbonyl (C=O) groups is 1. The highest BCUT2D eigenvalue weighted by Gasteiger charge is 2.45. The Labute approximate surface area is 144 Å². The van der Waals surface area contributed by atoms with Crippen molar-refractivity contribution in [3.05, 3.63) is 17.7 Å². The first-order valence-corrected chi connectivity index (χ1v) is 7.58. The molecule has 2 rings (SSSR count). The zero-order valence-electron chi connectivity index (χ0n) is 14.1. The van der Waals surface area contributed by atoms with Crippen LogP contribution in [0.4, 0.5) is 0 Å². The Bertz CT molecular complexity index is 591. The highest BCUT2D eigenvalue weighted by molar-refractivity contribution is 5.95. The van der Waals surface area contributed by atoms with Gasteiger partial charge in [-0.05, 0) is 19.1 Å². The molecule has 1 aliphatic rings. The van der Waals surface area contributed by atoms with Crippen LogP contribution in [0.2, 0.25) is 0 Å². The molecule has 1 aromatic carbocycles. The van der Waals surface area contributed by atoms with Crippen LogP contribution in [-0.4, -0.2) is 77.7 Å². The summed E-state index contributed by atoms with van der Waals surface area (Å²) in [5.41, 5.74) is 0.329. The Morgan fingerprint density at radius 3 is 2.08 bits per heavy atom. The molecule has 0 spiro atoms. The van der Waals surface area contributed by atoms with Gasteiger partial charge >= 0.3 is 0 Å². The lowest BCUT2D eigenvalue weighted by Gasteiger charge is -2.39. The third-order valence-electron chi connectivity index (χ3n) is 3.95. The molecule has 9 heteroatoms. The van der Waals surface area contributed by atoms with Crippen molar-refractivity contribution in [3.8, 4) is 17.2 Å². The fraction of sp³-hybridized carbons (Fsp3) is 0.562. The number of Topliss-reactive ketones (excluding diaryl/α,β-unsaturated/α-hetero) is 1. The number of ketones is 1. The molecule has 0 unspecified atom stereocenters. The molecule has 140 valence electrons. The Morgan fingerprint density at radius 2 is 1.64 bits per heavy atom. The van der Waals surface area contributed by atoms with E-state index < -0.39 is 37.3 Å². The summed E-state index contributed by atoms with van der Waals surface area (Å²) in [4.78, 5) is 11.6. The Balaban J connectivity index is 2.36. The lowest BCUT2D eigenvalue weighted by molar-refractivity contribution is -0.277. The van der Waals surface area contributed by atoms with Gasteiger partial charge in [0.25, 0.3) is 0 Å². The van der Waals surface area contributed by atoms with Crippen molar-refractivity contribution in [1.82, 2.24) is 0 Å². The number of carbonyl (C=O) groups excluding carboxylic acids is 1. The predicted molar refractivity (Wildman–Crippen MR) is 83.9 cm³/mol. The van der Waals surface area contributed by atoms with Gasteiger partial charge in [-0.25, -0.2) is 0 Å². The summed E-state index contributed by atoms with van der Waals surface area (Å²) in [7, 11) is 2.72. The second-order valence-corrected chi connectivity index (χ2v) is 5.58. The van der Waals surface area contributed by atoms with E-state index in [1.807, 2.05) is 0 Å². The molecule has 1 fully saturated rings. The minimum absolute atomic E-state index is 0.0410. The molecule has 1 aliphatic heterocycles. The third kappa shape index (κ3) is 3.86. The number of methoxy groups -OCH3 is 2. The summed E-state index contributed by atoms with van der Waals surface area (Å²) < 4.78 is 21.3. The molecule has 0 aromatic heterocycles. The van der Waals surface area contributed by atoms with Crippen molar-refractivity contribution in [3.63, 3.8) is 0 Å². The Kier molecular flexibility index (Phi) is 6.20. The first kappa shape index (κ1) is 19.4. The summed E-state index contributed by atoms with van der Waals surface area (Å²) in [5, 5.41) is 38.9. The van der Waals surface area contributed by atoms with E-state index >= 15 is 0 Å². The molecular formula is C16H22O9. The summed E-state index contributed by atoms with van der Waals surface area (Å²) in [6, 6.07) is 2.87. The standard InChI is InChI=1S/C16H22O9/c1-7(18)8-4-9(22-2)15(10(5-8)23-3)25-16-14(21)13(20)12(19)11(6-17)24-16/h4-5,11-14,16-17,19-21H,6H2,1-3H3/t11-,12-,13+,14-,16-/m1/s1. The van der Waals surface area contributed by atoms with E-state index in [2.05, 4.69) is 0 Å². The van der Waals surface area contributed by atoms with Gasteiger partial charge in [0.2, 0.25) is 12.0 Å². The fourth-order valence-electron chi connectivity index (χ4n) is 2.48. The average Bonchev–Trinajstić information content (AvgIpc) is 2.61. The SMILES string of the molecule is COc1cc(C(C)=O)cc(OC)c1O[C@H]1O[C@H](CO)[C@@H](O)[C@H](O)[C@H]1O. The Hall–Kier alpha value is -1.91. The first-order valence-electron chi connectivity index (χ1n) is 7.58. The van der Waals surface area contributed by atoms with Crippen LogP contribution in [0.15, 0.2) is 12.1 Å². The average molecular weight is 358 g/mol. The number of ether oxygens (including phenoxy) is 4. The lowest BCUT2D eigenvalue weighted by atomic mass is 9.99. The van der Waals surface area contributed by atoms with Gasteiger partial charge in [-0.15, -0.1) is 0 Å². The van der Waals surface area contributed by atoms with Crippen LogP contribution in [-0.2, 0) is 4.74 Å². The normalized spacial score (nSPS) is 29.2. The number of hydrogen-bond acceptors (Lipinski definition) is 9. The Morgan fingerprint density at radius 1 is 1.08 bits per heavy atom. The maximum absolute atomic E-state index is 11.6. The topological polar surface area (TPSA) is 135 Å². The van der Waals surface area contributed by atoms with Crippen LogP contribution in [0.1, 0.15) is 17.3 Å². The zero-order valence-corrected chi connectivity index (χ0v) is 14.1. The van der Waals surface area contributed by atoms with Gasteiger partial charge in [-0.2, -0.15) is 0 Å². The van der Waals surface area contributed by atoms with Crippen molar-refractivity contribution in [1.29, 1.82) is 0 Å². The quantitative estimate of drug-likeness (QED) is 0.476. The molecule has 0 bridgehead atoms. The molecule has 4 N–H and O–H groups in total. The predicted octanol–water partition coefficient (Wildman–Crippen LogP) is -0.915. The largest absolute Gasteiger partial charge is 0.493 e. The van der Waals surface area contributed by atoms with Crippen molar-refractivity contribution >= 4 is 5.78 Å². The number of benzene rings is 1. The molecule has 0 radical (unpaired) electrons. The maximum Gasteiger partial charge on any atom is 0.229 e. The van der Waals surface area contributed by atoms with E-state index in [4.69, 9.17) is 18.9 Å². The molecule has 0 aliphatic carbocycles. The van der Waals surface area contributed by atoms with Crippen molar-refractivity contribution in [2.45, 2.75) is 37.6 Å².